The zero-order valence-electron chi connectivity index (χ0n) is 16.3. The number of para-hydroxylation sites is 1. The van der Waals surface area contributed by atoms with Crippen LogP contribution in [0.25, 0.3) is 16.5 Å². The molecule has 0 radical (unpaired) electrons. The van der Waals surface area contributed by atoms with Gasteiger partial charge in [0.15, 0.2) is 0 Å². The Hall–Kier alpha value is -3.86. The van der Waals surface area contributed by atoms with E-state index in [1.165, 1.54) is 5.69 Å². The highest BCUT2D eigenvalue weighted by Crippen LogP contribution is 2.34. The molecule has 0 fully saturated rings. The molecule has 1 unspecified atom stereocenters. The van der Waals surface area contributed by atoms with Gasteiger partial charge in [-0.2, -0.15) is 10.5 Å². The van der Waals surface area contributed by atoms with Crippen LogP contribution in [0.15, 0.2) is 96.6 Å². The summed E-state index contributed by atoms with van der Waals surface area (Å²) >= 11 is 1.57. The molecule has 1 atom stereocenters. The molecule has 1 aromatic heterocycles. The van der Waals surface area contributed by atoms with E-state index in [1.54, 1.807) is 17.4 Å². The Morgan fingerprint density at radius 2 is 1.63 bits per heavy atom. The van der Waals surface area contributed by atoms with Crippen molar-refractivity contribution in [2.75, 3.05) is 4.90 Å². The van der Waals surface area contributed by atoms with Gasteiger partial charge in [0.1, 0.15) is 17.7 Å². The fourth-order valence-corrected chi connectivity index (χ4v) is 4.44. The fraction of sp³-hybridized carbons (Fsp3) is 0.0769. The number of hydrogen-bond donors (Lipinski definition) is 0. The summed E-state index contributed by atoms with van der Waals surface area (Å²) < 4.78 is 0. The normalized spacial score (nSPS) is 14.5. The molecule has 3 nitrogen and oxygen atoms in total. The first-order valence-corrected chi connectivity index (χ1v) is 10.5. The molecule has 1 heterocycles. The summed E-state index contributed by atoms with van der Waals surface area (Å²) in [5.41, 5.74) is 3.54. The molecule has 2 aromatic carbocycles. The Morgan fingerprint density at radius 1 is 0.900 bits per heavy atom. The van der Waals surface area contributed by atoms with Crippen LogP contribution in [0.1, 0.15) is 11.3 Å². The molecule has 0 saturated carbocycles. The van der Waals surface area contributed by atoms with Gasteiger partial charge in [-0.3, -0.25) is 0 Å². The summed E-state index contributed by atoms with van der Waals surface area (Å²) in [6.45, 7) is 0. The number of nitrogens with zero attached hydrogens (tertiary/aromatic N) is 3. The van der Waals surface area contributed by atoms with Crippen molar-refractivity contribution in [3.8, 4) is 22.6 Å². The van der Waals surface area contributed by atoms with E-state index in [0.29, 0.717) is 0 Å². The maximum absolute atomic E-state index is 8.95. The molecule has 4 heteroatoms. The van der Waals surface area contributed by atoms with Crippen LogP contribution in [-0.4, -0.2) is 6.04 Å². The topological polar surface area (TPSA) is 50.8 Å². The molecule has 0 N–H and O–H groups in total. The second-order valence-electron chi connectivity index (χ2n) is 6.85. The maximum Gasteiger partial charge on any atom is 0.131 e. The predicted octanol–water partition coefficient (Wildman–Crippen LogP) is 6.87. The quantitative estimate of drug-likeness (QED) is 0.435. The average Bonchev–Trinajstić information content (AvgIpc) is 3.28. The SMILES string of the molecule is N#CC(C#N)=Cc1ccc(-c2ccc(N(c3ccccc3)C3C=CC=CC3)cc2)s1. The second-order valence-corrected chi connectivity index (χ2v) is 7.97. The summed E-state index contributed by atoms with van der Waals surface area (Å²) in [6.07, 6.45) is 11.2. The van der Waals surface area contributed by atoms with E-state index in [1.807, 2.05) is 30.3 Å². The van der Waals surface area contributed by atoms with Crippen molar-refractivity contribution in [2.45, 2.75) is 12.5 Å². The Kier molecular flexibility index (Phi) is 5.90. The van der Waals surface area contributed by atoms with Crippen molar-refractivity contribution in [3.63, 3.8) is 0 Å². The van der Waals surface area contributed by atoms with E-state index in [-0.39, 0.29) is 11.6 Å². The van der Waals surface area contributed by atoms with E-state index in [0.717, 1.165) is 27.4 Å². The highest BCUT2D eigenvalue weighted by atomic mass is 32.1. The van der Waals surface area contributed by atoms with Gasteiger partial charge in [-0.25, -0.2) is 0 Å². The minimum absolute atomic E-state index is 0.117. The summed E-state index contributed by atoms with van der Waals surface area (Å²) in [7, 11) is 0. The van der Waals surface area contributed by atoms with Gasteiger partial charge >= 0.3 is 0 Å². The van der Waals surface area contributed by atoms with E-state index in [4.69, 9.17) is 10.5 Å². The van der Waals surface area contributed by atoms with E-state index < -0.39 is 0 Å². The van der Waals surface area contributed by atoms with E-state index >= 15 is 0 Å². The number of thiophene rings is 1. The molecule has 3 aromatic rings. The van der Waals surface area contributed by atoms with Gasteiger partial charge in [0.05, 0.1) is 6.04 Å². The molecule has 0 spiro atoms. The molecule has 1 aliphatic carbocycles. The van der Waals surface area contributed by atoms with Crippen LogP contribution in [0.3, 0.4) is 0 Å². The second kappa shape index (κ2) is 9.09. The molecule has 0 saturated heterocycles. The highest BCUT2D eigenvalue weighted by Gasteiger charge is 2.18. The number of benzene rings is 2. The molecule has 0 bridgehead atoms. The van der Waals surface area contributed by atoms with Crippen molar-refractivity contribution in [3.05, 3.63) is 101 Å². The maximum atomic E-state index is 8.95. The molecular formula is C26H19N3S. The molecular weight excluding hydrogens is 386 g/mol. The van der Waals surface area contributed by atoms with Crippen molar-refractivity contribution < 1.29 is 0 Å². The number of hydrogen-bond acceptors (Lipinski definition) is 4. The first-order valence-electron chi connectivity index (χ1n) is 9.68. The number of nitriles is 2. The molecule has 4 rings (SSSR count). The number of rotatable bonds is 5. The summed E-state index contributed by atoms with van der Waals surface area (Å²) in [5.74, 6) is 0. The molecule has 1 aliphatic rings. The lowest BCUT2D eigenvalue weighted by atomic mass is 10.0. The zero-order valence-corrected chi connectivity index (χ0v) is 17.1. The van der Waals surface area contributed by atoms with Gasteiger partial charge in [0, 0.05) is 21.1 Å². The smallest absolute Gasteiger partial charge is 0.131 e. The summed E-state index contributed by atoms with van der Waals surface area (Å²) in [5, 5.41) is 17.9. The van der Waals surface area contributed by atoms with Crippen LogP contribution in [-0.2, 0) is 0 Å². The van der Waals surface area contributed by atoms with E-state index in [9.17, 15) is 0 Å². The number of anilines is 2. The first kappa shape index (κ1) is 19.5. The Bertz CT molecular complexity index is 1170. The lowest BCUT2D eigenvalue weighted by Gasteiger charge is -2.32. The van der Waals surface area contributed by atoms with Crippen LogP contribution in [0.4, 0.5) is 11.4 Å². The van der Waals surface area contributed by atoms with Gasteiger partial charge in [-0.1, -0.05) is 54.6 Å². The van der Waals surface area contributed by atoms with Crippen LogP contribution >= 0.6 is 11.3 Å². The van der Waals surface area contributed by atoms with Crippen LogP contribution in [0, 0.1) is 22.7 Å². The minimum atomic E-state index is 0.117. The molecule has 30 heavy (non-hydrogen) atoms. The van der Waals surface area contributed by atoms with Gasteiger partial charge in [0.2, 0.25) is 0 Å². The van der Waals surface area contributed by atoms with Crippen molar-refractivity contribution in [1.82, 2.24) is 0 Å². The van der Waals surface area contributed by atoms with Gasteiger partial charge in [-0.05, 0) is 54.5 Å². The Balaban J connectivity index is 1.63. The van der Waals surface area contributed by atoms with Gasteiger partial charge in [0.25, 0.3) is 0 Å². The summed E-state index contributed by atoms with van der Waals surface area (Å²) in [6, 6.07) is 27.1. The highest BCUT2D eigenvalue weighted by molar-refractivity contribution is 7.16. The Labute approximate surface area is 180 Å². The van der Waals surface area contributed by atoms with Crippen LogP contribution in [0.5, 0.6) is 0 Å². The van der Waals surface area contributed by atoms with Crippen molar-refractivity contribution in [2.24, 2.45) is 0 Å². The third-order valence-corrected chi connectivity index (χ3v) is 5.99. The Morgan fingerprint density at radius 3 is 2.30 bits per heavy atom. The third kappa shape index (κ3) is 4.25. The molecule has 144 valence electrons. The van der Waals surface area contributed by atoms with Crippen molar-refractivity contribution in [1.29, 1.82) is 10.5 Å². The standard InChI is InChI=1S/C26H19N3S/c27-18-20(19-28)17-25-15-16-26(30-25)21-11-13-24(14-12-21)29(22-7-3-1-4-8-22)23-9-5-2-6-10-23/h1-9,11-17,23H,10H2. The molecule has 0 amide bonds. The van der Waals surface area contributed by atoms with Crippen LogP contribution < -0.4 is 4.90 Å². The first-order chi connectivity index (χ1) is 14.8. The fourth-order valence-electron chi connectivity index (χ4n) is 3.48. The number of allylic oxidation sites excluding steroid dienone is 3. The monoisotopic (exact) mass is 405 g/mol. The van der Waals surface area contributed by atoms with Gasteiger partial charge in [-0.15, -0.1) is 11.3 Å². The van der Waals surface area contributed by atoms with Crippen molar-refractivity contribution >= 4 is 28.8 Å². The largest absolute Gasteiger partial charge is 0.334 e. The summed E-state index contributed by atoms with van der Waals surface area (Å²) in [4.78, 5) is 4.37. The average molecular weight is 406 g/mol. The van der Waals surface area contributed by atoms with Crippen LogP contribution in [0.2, 0.25) is 0 Å². The lowest BCUT2D eigenvalue weighted by molar-refractivity contribution is 0.785. The van der Waals surface area contributed by atoms with Gasteiger partial charge < -0.3 is 4.90 Å². The third-order valence-electron chi connectivity index (χ3n) is 4.91. The lowest BCUT2D eigenvalue weighted by Crippen LogP contribution is -2.29. The molecule has 0 aliphatic heterocycles. The zero-order chi connectivity index (χ0) is 20.8. The minimum Gasteiger partial charge on any atom is -0.334 e. The van der Waals surface area contributed by atoms with E-state index in [2.05, 4.69) is 77.7 Å². The predicted molar refractivity (Wildman–Crippen MR) is 124 cm³/mol.